The molecule has 3 N–H and O–H groups in total. The van der Waals surface area contributed by atoms with Crippen LogP contribution in [0.3, 0.4) is 0 Å². The zero-order chi connectivity index (χ0) is 47.0. The Labute approximate surface area is 377 Å². The molecule has 2 aromatic rings. The van der Waals surface area contributed by atoms with Gasteiger partial charge in [0, 0.05) is 53.5 Å². The fraction of sp³-hybridized carbons (Fsp3) is 0.653. The number of carbonyl (C=O) groups is 5. The highest BCUT2D eigenvalue weighted by Gasteiger charge is 2.43. The first kappa shape index (κ1) is 52.8. The van der Waals surface area contributed by atoms with Crippen LogP contribution in [0.2, 0.25) is 0 Å². The van der Waals surface area contributed by atoms with Crippen molar-refractivity contribution in [2.75, 3.05) is 60.9 Å². The molecule has 1 aliphatic heterocycles. The summed E-state index contributed by atoms with van der Waals surface area (Å²) in [5.74, 6) is -2.55. The van der Waals surface area contributed by atoms with Crippen LogP contribution in [0.25, 0.3) is 0 Å². The van der Waals surface area contributed by atoms with Gasteiger partial charge in [-0.1, -0.05) is 97.4 Å². The van der Waals surface area contributed by atoms with Gasteiger partial charge in [0.15, 0.2) is 0 Å². The Morgan fingerprint density at radius 3 is 2.02 bits per heavy atom. The van der Waals surface area contributed by atoms with Crippen LogP contribution in [-0.2, 0) is 51.0 Å². The Bertz CT molecular complexity index is 1740. The Kier molecular flexibility index (Phi) is 21.5. The van der Waals surface area contributed by atoms with Gasteiger partial charge in [0.1, 0.15) is 12.1 Å². The summed E-state index contributed by atoms with van der Waals surface area (Å²) in [7, 11) is 9.96. The highest BCUT2D eigenvalue weighted by atomic mass is 16.5. The van der Waals surface area contributed by atoms with Gasteiger partial charge in [-0.05, 0) is 67.3 Å². The second-order valence-electron chi connectivity index (χ2n) is 18.0. The van der Waals surface area contributed by atoms with E-state index in [9.17, 15) is 24.0 Å². The third-order valence-electron chi connectivity index (χ3n) is 12.9. The third kappa shape index (κ3) is 14.5. The van der Waals surface area contributed by atoms with Crippen molar-refractivity contribution in [3.8, 4) is 0 Å². The molecule has 1 fully saturated rings. The maximum atomic E-state index is 14.6. The Balaban J connectivity index is 1.77. The molecule has 3 rings (SSSR count). The minimum atomic E-state index is -0.898. The van der Waals surface area contributed by atoms with Gasteiger partial charge in [-0.3, -0.25) is 24.1 Å². The van der Waals surface area contributed by atoms with Gasteiger partial charge in [0.05, 0.1) is 49.8 Å². The first-order valence-electron chi connectivity index (χ1n) is 22.7. The standard InChI is InChI=1S/C49H78N6O8/c1-14-33(6)44(54(10)48(59)42(31(2)3)52-47(58)43(32(4)5)53(9)28-26-35-22-24-37(50-8)25-23-35)40(61-11)30-41(56)55-27-18-21-39(55)45(62-12)34(7)46(57)51-38(49(60)63-13)29-36-19-16-15-17-20-36/h15-17,19-20,22-25,31-34,38-40,42-45,50H,14,18,21,26-30H2,1-13H3,(H,51,57)(H,52,58)/t33?,34-,38+,39+,40-,42+,43+,44+,45-/m1/s1. The van der Waals surface area contributed by atoms with Crippen LogP contribution in [0, 0.1) is 23.7 Å². The van der Waals surface area contributed by atoms with Gasteiger partial charge in [-0.15, -0.1) is 0 Å². The van der Waals surface area contributed by atoms with Crippen molar-refractivity contribution in [2.45, 2.75) is 129 Å². The van der Waals surface area contributed by atoms with Crippen molar-refractivity contribution in [3.63, 3.8) is 0 Å². The molecule has 63 heavy (non-hydrogen) atoms. The number of nitrogens with zero attached hydrogens (tertiary/aromatic N) is 3. The number of hydrogen-bond acceptors (Lipinski definition) is 10. The van der Waals surface area contributed by atoms with E-state index in [1.165, 1.54) is 19.8 Å². The zero-order valence-corrected chi connectivity index (χ0v) is 40.3. The molecule has 2 aromatic carbocycles. The maximum Gasteiger partial charge on any atom is 0.328 e. The second kappa shape index (κ2) is 25.7. The third-order valence-corrected chi connectivity index (χ3v) is 12.9. The molecule has 1 aliphatic rings. The van der Waals surface area contributed by atoms with E-state index >= 15 is 0 Å². The number of nitrogens with one attached hydrogen (secondary N) is 3. The number of rotatable bonds is 25. The first-order chi connectivity index (χ1) is 29.9. The van der Waals surface area contributed by atoms with Crippen LogP contribution in [0.5, 0.6) is 0 Å². The highest BCUT2D eigenvalue weighted by molar-refractivity contribution is 5.90. The molecule has 9 atom stereocenters. The molecule has 0 aliphatic carbocycles. The molecule has 0 saturated carbocycles. The number of amides is 4. The molecular formula is C49H78N6O8. The summed E-state index contributed by atoms with van der Waals surface area (Å²) in [5, 5.41) is 9.15. The number of anilines is 1. The van der Waals surface area contributed by atoms with Gasteiger partial charge >= 0.3 is 5.97 Å². The lowest BCUT2D eigenvalue weighted by atomic mass is 9.89. The molecule has 1 unspecified atom stereocenters. The van der Waals surface area contributed by atoms with E-state index in [-0.39, 0.29) is 54.2 Å². The van der Waals surface area contributed by atoms with E-state index in [0.717, 1.165) is 24.1 Å². The molecular weight excluding hydrogens is 801 g/mol. The number of likely N-dealkylation sites (N-methyl/N-ethyl adjacent to an activating group) is 2. The van der Waals surface area contributed by atoms with E-state index in [1.54, 1.807) is 30.9 Å². The summed E-state index contributed by atoms with van der Waals surface area (Å²) in [6.07, 6.45) is 1.77. The van der Waals surface area contributed by atoms with Gasteiger partial charge in [0.2, 0.25) is 23.6 Å². The molecule has 1 saturated heterocycles. The smallest absolute Gasteiger partial charge is 0.328 e. The summed E-state index contributed by atoms with van der Waals surface area (Å²) in [6, 6.07) is 14.6. The van der Waals surface area contributed by atoms with Crippen molar-refractivity contribution in [1.82, 2.24) is 25.3 Å². The number of methoxy groups -OCH3 is 3. The predicted molar refractivity (Wildman–Crippen MR) is 248 cm³/mol. The van der Waals surface area contributed by atoms with Gasteiger partial charge in [0.25, 0.3) is 0 Å². The predicted octanol–water partition coefficient (Wildman–Crippen LogP) is 5.19. The van der Waals surface area contributed by atoms with Crippen molar-refractivity contribution < 1.29 is 38.2 Å². The average molecular weight is 879 g/mol. The lowest BCUT2D eigenvalue weighted by molar-refractivity contribution is -0.149. The summed E-state index contributed by atoms with van der Waals surface area (Å²) >= 11 is 0. The normalized spacial score (nSPS) is 17.9. The van der Waals surface area contributed by atoms with Gasteiger partial charge in [-0.25, -0.2) is 4.79 Å². The first-order valence-corrected chi connectivity index (χ1v) is 22.7. The summed E-state index contributed by atoms with van der Waals surface area (Å²) in [5.41, 5.74) is 3.08. The number of benzene rings is 2. The summed E-state index contributed by atoms with van der Waals surface area (Å²) in [6.45, 7) is 14.9. The lowest BCUT2D eigenvalue weighted by Gasteiger charge is -2.41. The van der Waals surface area contributed by atoms with Crippen LogP contribution in [0.1, 0.15) is 85.3 Å². The minimum absolute atomic E-state index is 0.00522. The van der Waals surface area contributed by atoms with E-state index < -0.39 is 54.3 Å². The molecule has 0 bridgehead atoms. The van der Waals surface area contributed by atoms with Crippen molar-refractivity contribution >= 4 is 35.3 Å². The largest absolute Gasteiger partial charge is 0.467 e. The number of ether oxygens (including phenoxy) is 3. The van der Waals surface area contributed by atoms with Crippen molar-refractivity contribution in [1.29, 1.82) is 0 Å². The maximum absolute atomic E-state index is 14.6. The number of esters is 1. The topological polar surface area (TPSA) is 159 Å². The zero-order valence-electron chi connectivity index (χ0n) is 40.3. The van der Waals surface area contributed by atoms with E-state index in [0.29, 0.717) is 25.9 Å². The molecule has 0 radical (unpaired) electrons. The van der Waals surface area contributed by atoms with E-state index in [4.69, 9.17) is 14.2 Å². The fourth-order valence-electron chi connectivity index (χ4n) is 9.06. The van der Waals surface area contributed by atoms with Crippen LogP contribution in [0.4, 0.5) is 5.69 Å². The minimum Gasteiger partial charge on any atom is -0.467 e. The molecule has 14 nitrogen and oxygen atoms in total. The quantitative estimate of drug-likeness (QED) is 0.114. The van der Waals surface area contributed by atoms with Crippen LogP contribution in [-0.4, -0.2) is 142 Å². The SMILES string of the molecule is CCC(C)[C@@H]([C@@H](CC(=O)N1CCC[C@H]1[C@H](OC)[C@@H](C)C(=O)N[C@@H](Cc1ccccc1)C(=O)OC)OC)N(C)C(=O)[C@@H](NC(=O)[C@H](C(C)C)N(C)CCc1ccc(NC)cc1)C(C)C. The highest BCUT2D eigenvalue weighted by Crippen LogP contribution is 2.30. The van der Waals surface area contributed by atoms with E-state index in [1.807, 2.05) is 98.1 Å². The monoisotopic (exact) mass is 879 g/mol. The lowest BCUT2D eigenvalue weighted by Crippen LogP contribution is -2.60. The van der Waals surface area contributed by atoms with Gasteiger partial charge < -0.3 is 40.0 Å². The summed E-state index contributed by atoms with van der Waals surface area (Å²) in [4.78, 5) is 75.1. The number of likely N-dealkylation sites (tertiary alicyclic amines) is 1. The number of carbonyl (C=O) groups excluding carboxylic acids is 5. The molecule has 0 spiro atoms. The molecule has 0 aromatic heterocycles. The molecule has 4 amide bonds. The Morgan fingerprint density at radius 2 is 1.48 bits per heavy atom. The molecule has 1 heterocycles. The van der Waals surface area contributed by atoms with Crippen molar-refractivity contribution in [3.05, 3.63) is 65.7 Å². The molecule has 14 heteroatoms. The van der Waals surface area contributed by atoms with Crippen molar-refractivity contribution in [2.24, 2.45) is 23.7 Å². The van der Waals surface area contributed by atoms with E-state index in [2.05, 4.69) is 33.0 Å². The fourth-order valence-corrected chi connectivity index (χ4v) is 9.06. The Morgan fingerprint density at radius 1 is 0.825 bits per heavy atom. The Hall–Kier alpha value is -4.53. The van der Waals surface area contributed by atoms with Crippen LogP contribution >= 0.6 is 0 Å². The molecule has 352 valence electrons. The number of hydrogen-bond donors (Lipinski definition) is 3. The van der Waals surface area contributed by atoms with Crippen LogP contribution in [0.15, 0.2) is 54.6 Å². The van der Waals surface area contributed by atoms with Gasteiger partial charge in [-0.2, -0.15) is 0 Å². The summed E-state index contributed by atoms with van der Waals surface area (Å²) < 4.78 is 17.1. The van der Waals surface area contributed by atoms with Crippen LogP contribution < -0.4 is 16.0 Å². The second-order valence-corrected chi connectivity index (χ2v) is 18.0. The average Bonchev–Trinajstić information content (AvgIpc) is 3.76.